The van der Waals surface area contributed by atoms with Crippen molar-refractivity contribution in [3.05, 3.63) is 33.6 Å². The third-order valence-corrected chi connectivity index (χ3v) is 2.44. The number of rotatable bonds is 5. The van der Waals surface area contributed by atoms with Gasteiger partial charge in [-0.2, -0.15) is 0 Å². The van der Waals surface area contributed by atoms with Crippen molar-refractivity contribution >= 4 is 23.2 Å². The van der Waals surface area contributed by atoms with E-state index in [0.29, 0.717) is 6.07 Å². The van der Waals surface area contributed by atoms with Crippen molar-refractivity contribution in [3.63, 3.8) is 0 Å². The van der Waals surface area contributed by atoms with Crippen LogP contribution in [0.1, 0.15) is 23.7 Å². The van der Waals surface area contributed by atoms with Gasteiger partial charge >= 0.3 is 0 Å². The number of anilines is 1. The maximum absolute atomic E-state index is 13.2. The molecule has 20 heavy (non-hydrogen) atoms. The van der Waals surface area contributed by atoms with Gasteiger partial charge in [-0.1, -0.05) is 0 Å². The predicted molar refractivity (Wildman–Crippen MR) is 68.2 cm³/mol. The average Bonchev–Trinajstić information content (AvgIpc) is 2.30. The zero-order valence-corrected chi connectivity index (χ0v) is 10.6. The summed E-state index contributed by atoms with van der Waals surface area (Å²) < 4.78 is 13.2. The lowest BCUT2D eigenvalue weighted by molar-refractivity contribution is -0.385. The zero-order chi connectivity index (χ0) is 15.4. The quantitative estimate of drug-likeness (QED) is 0.405. The Morgan fingerprint density at radius 1 is 1.50 bits per heavy atom. The Bertz CT molecular complexity index is 576. The summed E-state index contributed by atoms with van der Waals surface area (Å²) in [6.07, 6.45) is -0.129. The lowest BCUT2D eigenvalue weighted by Crippen LogP contribution is -2.36. The maximum Gasteiger partial charge on any atom is 0.285 e. The van der Waals surface area contributed by atoms with E-state index in [-0.39, 0.29) is 17.7 Å². The fourth-order valence-electron chi connectivity index (χ4n) is 1.57. The minimum Gasteiger partial charge on any atom is -0.396 e. The third kappa shape index (κ3) is 3.64. The van der Waals surface area contributed by atoms with Crippen LogP contribution in [0.25, 0.3) is 0 Å². The summed E-state index contributed by atoms with van der Waals surface area (Å²) in [6, 6.07) is 0.828. The summed E-state index contributed by atoms with van der Waals surface area (Å²) in [7, 11) is 0. The monoisotopic (exact) mass is 284 g/mol. The number of amides is 2. The molecule has 2 amide bonds. The zero-order valence-electron chi connectivity index (χ0n) is 10.6. The molecule has 0 radical (unpaired) electrons. The van der Waals surface area contributed by atoms with Crippen LogP contribution in [0.5, 0.6) is 0 Å². The first-order chi connectivity index (χ1) is 9.22. The van der Waals surface area contributed by atoms with Crippen LogP contribution in [-0.2, 0) is 4.79 Å². The molecule has 0 aromatic heterocycles. The molecule has 1 aromatic carbocycles. The molecule has 1 atom stereocenters. The largest absolute Gasteiger partial charge is 0.396 e. The summed E-state index contributed by atoms with van der Waals surface area (Å²) >= 11 is 0. The Morgan fingerprint density at radius 2 is 2.10 bits per heavy atom. The highest BCUT2D eigenvalue weighted by Gasteiger charge is 2.24. The van der Waals surface area contributed by atoms with Crippen molar-refractivity contribution in [2.45, 2.75) is 19.4 Å². The first-order valence-electron chi connectivity index (χ1n) is 5.55. The standard InChI is InChI=1S/C11H13FN4O4/c1-5(2-10(14)17)15-11(18)6-3-8(13)7(12)4-9(6)16(19)20/h3-5H,2,13H2,1H3,(H2,14,17)(H,15,18). The number of nitrogen functional groups attached to an aromatic ring is 1. The van der Waals surface area contributed by atoms with Crippen molar-refractivity contribution in [1.82, 2.24) is 5.32 Å². The molecule has 0 aliphatic carbocycles. The Balaban J connectivity index is 3.06. The normalized spacial score (nSPS) is 11.7. The number of halogens is 1. The molecule has 0 saturated carbocycles. The minimum absolute atomic E-state index is 0.129. The van der Waals surface area contributed by atoms with Gasteiger partial charge in [0.2, 0.25) is 5.91 Å². The van der Waals surface area contributed by atoms with Gasteiger partial charge in [0.25, 0.3) is 11.6 Å². The fraction of sp³-hybridized carbons (Fsp3) is 0.273. The first-order valence-corrected chi connectivity index (χ1v) is 5.55. The Kier molecular flexibility index (Phi) is 4.57. The summed E-state index contributed by atoms with van der Waals surface area (Å²) in [4.78, 5) is 32.5. The highest BCUT2D eigenvalue weighted by atomic mass is 19.1. The molecule has 5 N–H and O–H groups in total. The number of nitro groups is 1. The molecular weight excluding hydrogens is 271 g/mol. The van der Waals surface area contributed by atoms with Crippen LogP contribution in [-0.4, -0.2) is 22.8 Å². The molecule has 1 aromatic rings. The van der Waals surface area contributed by atoms with Crippen LogP contribution in [0.4, 0.5) is 15.8 Å². The molecule has 0 aliphatic rings. The van der Waals surface area contributed by atoms with E-state index in [2.05, 4.69) is 5.32 Å². The number of hydrogen-bond donors (Lipinski definition) is 3. The molecule has 8 nitrogen and oxygen atoms in total. The second-order valence-electron chi connectivity index (χ2n) is 4.19. The van der Waals surface area contributed by atoms with Crippen LogP contribution in [0, 0.1) is 15.9 Å². The van der Waals surface area contributed by atoms with Crippen molar-refractivity contribution in [2.24, 2.45) is 5.73 Å². The molecule has 0 saturated heterocycles. The number of carbonyl (C=O) groups excluding carboxylic acids is 2. The second-order valence-corrected chi connectivity index (χ2v) is 4.19. The van der Waals surface area contributed by atoms with E-state index in [1.165, 1.54) is 6.92 Å². The van der Waals surface area contributed by atoms with E-state index in [1.807, 2.05) is 0 Å². The van der Waals surface area contributed by atoms with Crippen molar-refractivity contribution in [3.8, 4) is 0 Å². The van der Waals surface area contributed by atoms with Gasteiger partial charge in [0.1, 0.15) is 5.56 Å². The predicted octanol–water partition coefficient (Wildman–Crippen LogP) is 0.310. The first kappa shape index (κ1) is 15.3. The maximum atomic E-state index is 13.2. The summed E-state index contributed by atoms with van der Waals surface area (Å²) in [5.41, 5.74) is 8.77. The Morgan fingerprint density at radius 3 is 2.60 bits per heavy atom. The highest BCUT2D eigenvalue weighted by molar-refractivity contribution is 5.99. The van der Waals surface area contributed by atoms with E-state index < -0.39 is 34.3 Å². The number of nitrogens with one attached hydrogen (secondary N) is 1. The Hall–Kier alpha value is -2.71. The van der Waals surface area contributed by atoms with Gasteiger partial charge in [-0.3, -0.25) is 19.7 Å². The van der Waals surface area contributed by atoms with E-state index in [4.69, 9.17) is 11.5 Å². The number of nitro benzene ring substituents is 1. The van der Waals surface area contributed by atoms with Crippen LogP contribution >= 0.6 is 0 Å². The number of benzene rings is 1. The van der Waals surface area contributed by atoms with E-state index in [9.17, 15) is 24.1 Å². The van der Waals surface area contributed by atoms with Crippen LogP contribution in [0.3, 0.4) is 0 Å². The number of nitrogens with zero attached hydrogens (tertiary/aromatic N) is 1. The smallest absolute Gasteiger partial charge is 0.285 e. The summed E-state index contributed by atoms with van der Waals surface area (Å²) in [5.74, 6) is -2.46. The summed E-state index contributed by atoms with van der Waals surface area (Å²) in [6.45, 7) is 1.50. The van der Waals surface area contributed by atoms with Gasteiger partial charge in [0.15, 0.2) is 5.82 Å². The van der Waals surface area contributed by atoms with Crippen molar-refractivity contribution in [2.75, 3.05) is 5.73 Å². The molecule has 108 valence electrons. The average molecular weight is 284 g/mol. The lowest BCUT2D eigenvalue weighted by Gasteiger charge is -2.12. The van der Waals surface area contributed by atoms with Crippen molar-refractivity contribution in [1.29, 1.82) is 0 Å². The highest BCUT2D eigenvalue weighted by Crippen LogP contribution is 2.24. The lowest BCUT2D eigenvalue weighted by atomic mass is 10.1. The molecule has 0 spiro atoms. The summed E-state index contributed by atoms with van der Waals surface area (Å²) in [5, 5.41) is 13.1. The van der Waals surface area contributed by atoms with Gasteiger partial charge in [-0.25, -0.2) is 4.39 Å². The van der Waals surface area contributed by atoms with Gasteiger partial charge in [0.05, 0.1) is 16.7 Å². The molecule has 0 heterocycles. The van der Waals surface area contributed by atoms with Crippen LogP contribution < -0.4 is 16.8 Å². The molecule has 1 rings (SSSR count). The number of carbonyl (C=O) groups is 2. The van der Waals surface area contributed by atoms with Crippen LogP contribution in [0.2, 0.25) is 0 Å². The molecule has 9 heteroatoms. The van der Waals surface area contributed by atoms with E-state index >= 15 is 0 Å². The second kappa shape index (κ2) is 5.95. The van der Waals surface area contributed by atoms with E-state index in [0.717, 1.165) is 6.07 Å². The number of hydrogen-bond acceptors (Lipinski definition) is 5. The van der Waals surface area contributed by atoms with Crippen LogP contribution in [0.15, 0.2) is 12.1 Å². The topological polar surface area (TPSA) is 141 Å². The fourth-order valence-corrected chi connectivity index (χ4v) is 1.57. The molecule has 0 bridgehead atoms. The number of nitrogens with two attached hydrogens (primary N) is 2. The van der Waals surface area contributed by atoms with Gasteiger partial charge < -0.3 is 16.8 Å². The van der Waals surface area contributed by atoms with Crippen molar-refractivity contribution < 1.29 is 18.9 Å². The van der Waals surface area contributed by atoms with Gasteiger partial charge in [-0.05, 0) is 13.0 Å². The van der Waals surface area contributed by atoms with E-state index in [1.54, 1.807) is 0 Å². The Labute approximate surface area is 113 Å². The van der Waals surface area contributed by atoms with Gasteiger partial charge in [0, 0.05) is 12.5 Å². The third-order valence-electron chi connectivity index (χ3n) is 2.44. The van der Waals surface area contributed by atoms with Gasteiger partial charge in [-0.15, -0.1) is 0 Å². The minimum atomic E-state index is -0.988. The SMILES string of the molecule is CC(CC(N)=O)NC(=O)c1cc(N)c(F)cc1[N+](=O)[O-]. The molecule has 1 unspecified atom stereocenters. The molecule has 0 fully saturated rings. The molecule has 0 aliphatic heterocycles. The number of primary amides is 1. The molecular formula is C11H13FN4O4.